The lowest BCUT2D eigenvalue weighted by molar-refractivity contribution is 0.486. The number of rotatable bonds is 5. The Bertz CT molecular complexity index is 421. The Morgan fingerprint density at radius 1 is 1.12 bits per heavy atom. The highest BCUT2D eigenvalue weighted by Gasteiger charge is 2.20. The largest absolute Gasteiger partial charge is 0.309 e. The molecular formula is C15H19NS. The van der Waals surface area contributed by atoms with Crippen molar-refractivity contribution in [1.29, 1.82) is 0 Å². The SMILES string of the molecule is CCNC(c1cccs1)C(C)c1ccccc1. The monoisotopic (exact) mass is 245 g/mol. The van der Waals surface area contributed by atoms with Gasteiger partial charge in [-0.05, 0) is 23.6 Å². The van der Waals surface area contributed by atoms with Crippen molar-refractivity contribution in [2.75, 3.05) is 6.54 Å². The molecule has 0 saturated carbocycles. The maximum absolute atomic E-state index is 3.59. The van der Waals surface area contributed by atoms with E-state index < -0.39 is 0 Å². The van der Waals surface area contributed by atoms with Crippen LogP contribution in [0, 0.1) is 0 Å². The quantitative estimate of drug-likeness (QED) is 0.832. The van der Waals surface area contributed by atoms with E-state index in [1.165, 1.54) is 10.4 Å². The minimum absolute atomic E-state index is 0.419. The molecule has 2 heteroatoms. The first kappa shape index (κ1) is 12.3. The molecule has 0 saturated heterocycles. The topological polar surface area (TPSA) is 12.0 Å². The van der Waals surface area contributed by atoms with Crippen molar-refractivity contribution < 1.29 is 0 Å². The van der Waals surface area contributed by atoms with Gasteiger partial charge in [0.1, 0.15) is 0 Å². The fourth-order valence-electron chi connectivity index (χ4n) is 2.16. The molecule has 1 nitrogen and oxygen atoms in total. The Labute approximate surface area is 108 Å². The number of thiophene rings is 1. The van der Waals surface area contributed by atoms with Crippen LogP contribution in [0.25, 0.3) is 0 Å². The van der Waals surface area contributed by atoms with Gasteiger partial charge >= 0.3 is 0 Å². The number of benzene rings is 1. The van der Waals surface area contributed by atoms with Crippen LogP contribution < -0.4 is 5.32 Å². The van der Waals surface area contributed by atoms with E-state index in [0.717, 1.165) is 6.54 Å². The predicted octanol–water partition coefficient (Wildman–Crippen LogP) is 4.20. The zero-order chi connectivity index (χ0) is 12.1. The molecule has 17 heavy (non-hydrogen) atoms. The molecule has 0 spiro atoms. The van der Waals surface area contributed by atoms with E-state index in [9.17, 15) is 0 Å². The summed E-state index contributed by atoms with van der Waals surface area (Å²) in [5, 5.41) is 5.74. The summed E-state index contributed by atoms with van der Waals surface area (Å²) in [6.45, 7) is 5.46. The van der Waals surface area contributed by atoms with Crippen molar-refractivity contribution in [3.63, 3.8) is 0 Å². The predicted molar refractivity (Wildman–Crippen MR) is 75.6 cm³/mol. The molecule has 1 aromatic heterocycles. The third-order valence-corrected chi connectivity index (χ3v) is 4.05. The molecule has 0 radical (unpaired) electrons. The zero-order valence-electron chi connectivity index (χ0n) is 10.4. The molecule has 0 amide bonds. The van der Waals surface area contributed by atoms with E-state index >= 15 is 0 Å². The van der Waals surface area contributed by atoms with Gasteiger partial charge in [0.25, 0.3) is 0 Å². The molecule has 0 fully saturated rings. The van der Waals surface area contributed by atoms with Gasteiger partial charge in [0.15, 0.2) is 0 Å². The van der Waals surface area contributed by atoms with Gasteiger partial charge in [-0.2, -0.15) is 0 Å². The highest BCUT2D eigenvalue weighted by Crippen LogP contribution is 2.32. The summed E-state index contributed by atoms with van der Waals surface area (Å²) < 4.78 is 0. The minimum atomic E-state index is 0.419. The fraction of sp³-hybridized carbons (Fsp3) is 0.333. The van der Waals surface area contributed by atoms with Crippen molar-refractivity contribution in [3.8, 4) is 0 Å². The van der Waals surface area contributed by atoms with E-state index in [0.29, 0.717) is 12.0 Å². The Morgan fingerprint density at radius 3 is 2.47 bits per heavy atom. The second-order valence-electron chi connectivity index (χ2n) is 4.25. The van der Waals surface area contributed by atoms with Crippen LogP contribution >= 0.6 is 11.3 Å². The molecule has 2 atom stereocenters. The summed E-state index contributed by atoms with van der Waals surface area (Å²) in [5.41, 5.74) is 1.40. The van der Waals surface area contributed by atoms with Crippen molar-refractivity contribution >= 4 is 11.3 Å². The average molecular weight is 245 g/mol. The number of hydrogen-bond acceptors (Lipinski definition) is 2. The number of nitrogens with one attached hydrogen (secondary N) is 1. The van der Waals surface area contributed by atoms with Gasteiger partial charge in [-0.3, -0.25) is 0 Å². The molecule has 0 aliphatic heterocycles. The zero-order valence-corrected chi connectivity index (χ0v) is 11.2. The van der Waals surface area contributed by atoms with Crippen LogP contribution in [0.4, 0.5) is 0 Å². The number of hydrogen-bond donors (Lipinski definition) is 1. The van der Waals surface area contributed by atoms with E-state index in [4.69, 9.17) is 0 Å². The second-order valence-corrected chi connectivity index (χ2v) is 5.23. The molecule has 2 aromatic rings. The van der Waals surface area contributed by atoms with Crippen molar-refractivity contribution in [3.05, 3.63) is 58.3 Å². The van der Waals surface area contributed by atoms with Gasteiger partial charge in [-0.15, -0.1) is 11.3 Å². The second kappa shape index (κ2) is 5.99. The first-order chi connectivity index (χ1) is 8.33. The van der Waals surface area contributed by atoms with Gasteiger partial charge in [0.2, 0.25) is 0 Å². The first-order valence-electron chi connectivity index (χ1n) is 6.14. The summed E-state index contributed by atoms with van der Waals surface area (Å²) in [7, 11) is 0. The van der Waals surface area contributed by atoms with E-state index in [1.807, 2.05) is 11.3 Å². The average Bonchev–Trinajstić information content (AvgIpc) is 2.90. The number of likely N-dealkylation sites (N-methyl/N-ethyl adjacent to an activating group) is 1. The highest BCUT2D eigenvalue weighted by molar-refractivity contribution is 7.10. The van der Waals surface area contributed by atoms with Crippen LogP contribution in [-0.4, -0.2) is 6.54 Å². The van der Waals surface area contributed by atoms with E-state index in [-0.39, 0.29) is 0 Å². The van der Waals surface area contributed by atoms with Crippen molar-refractivity contribution in [2.24, 2.45) is 0 Å². The lowest BCUT2D eigenvalue weighted by Crippen LogP contribution is -2.24. The van der Waals surface area contributed by atoms with Crippen molar-refractivity contribution in [2.45, 2.75) is 25.8 Å². The van der Waals surface area contributed by atoms with Gasteiger partial charge in [0, 0.05) is 16.8 Å². The van der Waals surface area contributed by atoms with Gasteiger partial charge in [0.05, 0.1) is 0 Å². The van der Waals surface area contributed by atoms with Gasteiger partial charge in [-0.1, -0.05) is 50.2 Å². The molecule has 2 rings (SSSR count). The standard InChI is InChI=1S/C15H19NS/c1-3-16-15(14-10-7-11-17-14)12(2)13-8-5-4-6-9-13/h4-12,15-16H,3H2,1-2H3. The lowest BCUT2D eigenvalue weighted by Gasteiger charge is -2.24. The normalized spacial score (nSPS) is 14.5. The Morgan fingerprint density at radius 2 is 1.88 bits per heavy atom. The Hall–Kier alpha value is -1.12. The summed E-state index contributed by atoms with van der Waals surface area (Å²) in [5.74, 6) is 0.495. The molecule has 0 bridgehead atoms. The maximum Gasteiger partial charge on any atom is 0.0481 e. The Balaban J connectivity index is 2.22. The summed E-state index contributed by atoms with van der Waals surface area (Å²) in [6.07, 6.45) is 0. The molecule has 1 N–H and O–H groups in total. The lowest BCUT2D eigenvalue weighted by atomic mass is 9.92. The smallest absolute Gasteiger partial charge is 0.0481 e. The Kier molecular flexibility index (Phi) is 4.35. The first-order valence-corrected chi connectivity index (χ1v) is 7.02. The van der Waals surface area contributed by atoms with Crippen LogP contribution in [0.3, 0.4) is 0 Å². The summed E-state index contributed by atoms with van der Waals surface area (Å²) in [6, 6.07) is 15.5. The molecule has 0 aliphatic rings. The van der Waals surface area contributed by atoms with Crippen LogP contribution in [0.1, 0.15) is 36.2 Å². The summed E-state index contributed by atoms with van der Waals surface area (Å²) >= 11 is 1.83. The molecule has 2 unspecified atom stereocenters. The molecule has 1 heterocycles. The minimum Gasteiger partial charge on any atom is -0.309 e. The third kappa shape index (κ3) is 2.96. The van der Waals surface area contributed by atoms with E-state index in [2.05, 4.69) is 67.0 Å². The van der Waals surface area contributed by atoms with Crippen LogP contribution in [0.2, 0.25) is 0 Å². The molecule has 1 aromatic carbocycles. The van der Waals surface area contributed by atoms with Crippen molar-refractivity contribution in [1.82, 2.24) is 5.32 Å². The molecular weight excluding hydrogens is 226 g/mol. The van der Waals surface area contributed by atoms with Gasteiger partial charge in [-0.25, -0.2) is 0 Å². The summed E-state index contributed by atoms with van der Waals surface area (Å²) in [4.78, 5) is 1.42. The van der Waals surface area contributed by atoms with E-state index in [1.54, 1.807) is 0 Å². The van der Waals surface area contributed by atoms with Crippen LogP contribution in [0.15, 0.2) is 47.8 Å². The maximum atomic E-state index is 3.59. The molecule has 0 aliphatic carbocycles. The molecule has 90 valence electrons. The van der Waals surface area contributed by atoms with Crippen LogP contribution in [0.5, 0.6) is 0 Å². The van der Waals surface area contributed by atoms with Crippen LogP contribution in [-0.2, 0) is 0 Å². The van der Waals surface area contributed by atoms with Gasteiger partial charge < -0.3 is 5.32 Å². The highest BCUT2D eigenvalue weighted by atomic mass is 32.1. The fourth-order valence-corrected chi connectivity index (χ4v) is 3.07. The third-order valence-electron chi connectivity index (χ3n) is 3.10.